The second kappa shape index (κ2) is 6.21. The Labute approximate surface area is 117 Å². The van der Waals surface area contributed by atoms with Crippen LogP contribution in [0.25, 0.3) is 0 Å². The normalized spacial score (nSPS) is 9.95. The maximum Gasteiger partial charge on any atom is 0.189 e. The quantitative estimate of drug-likeness (QED) is 0.600. The smallest absolute Gasteiger partial charge is 0.189 e. The van der Waals surface area contributed by atoms with Crippen LogP contribution in [-0.4, -0.2) is 5.78 Å². The summed E-state index contributed by atoms with van der Waals surface area (Å²) in [5.41, 5.74) is 1.47. The predicted molar refractivity (Wildman–Crippen MR) is 76.8 cm³/mol. The van der Waals surface area contributed by atoms with Crippen molar-refractivity contribution in [2.75, 3.05) is 0 Å². The summed E-state index contributed by atoms with van der Waals surface area (Å²) in [6.45, 7) is 3.88. The van der Waals surface area contributed by atoms with E-state index in [1.165, 1.54) is 6.08 Å². The summed E-state index contributed by atoms with van der Waals surface area (Å²) in [7, 11) is 0. The molecule has 0 radical (unpaired) electrons. The van der Waals surface area contributed by atoms with Crippen LogP contribution in [0.3, 0.4) is 0 Å². The fourth-order valence-electron chi connectivity index (χ4n) is 1.67. The van der Waals surface area contributed by atoms with Crippen molar-refractivity contribution in [1.82, 2.24) is 0 Å². The van der Waals surface area contributed by atoms with Gasteiger partial charge in [-0.1, -0.05) is 48.5 Å². The van der Waals surface area contributed by atoms with Gasteiger partial charge in [0.25, 0.3) is 0 Å². The van der Waals surface area contributed by atoms with Crippen LogP contribution in [0.4, 0.5) is 0 Å². The van der Waals surface area contributed by atoms with Crippen molar-refractivity contribution in [2.24, 2.45) is 0 Å². The number of ether oxygens (including phenoxy) is 1. The molecule has 2 aromatic carbocycles. The van der Waals surface area contributed by atoms with Gasteiger partial charge < -0.3 is 4.74 Å². The first-order valence-corrected chi connectivity index (χ1v) is 6.21. The Balaban J connectivity index is 2.20. The van der Waals surface area contributed by atoms with Crippen LogP contribution >= 0.6 is 11.6 Å². The minimum absolute atomic E-state index is 0.203. The molecule has 0 aliphatic carbocycles. The fraction of sp³-hybridized carbons (Fsp3) is 0.0625. The van der Waals surface area contributed by atoms with Crippen molar-refractivity contribution in [3.05, 3.63) is 77.3 Å². The van der Waals surface area contributed by atoms with Gasteiger partial charge in [-0.15, -0.1) is 0 Å². The molecule has 0 aromatic heterocycles. The van der Waals surface area contributed by atoms with Gasteiger partial charge in [-0.2, -0.15) is 0 Å². The van der Waals surface area contributed by atoms with E-state index in [1.807, 2.05) is 30.3 Å². The molecule has 0 fully saturated rings. The molecular formula is C16H13ClO2. The van der Waals surface area contributed by atoms with E-state index < -0.39 is 0 Å². The molecule has 96 valence electrons. The van der Waals surface area contributed by atoms with Crippen molar-refractivity contribution < 1.29 is 9.53 Å². The van der Waals surface area contributed by atoms with E-state index in [0.717, 1.165) is 5.56 Å². The summed E-state index contributed by atoms with van der Waals surface area (Å²) in [4.78, 5) is 11.7. The average Bonchev–Trinajstić information content (AvgIpc) is 2.46. The number of allylic oxidation sites excluding steroid dienone is 1. The number of carbonyl (C=O) groups is 1. The molecule has 2 rings (SSSR count). The van der Waals surface area contributed by atoms with Gasteiger partial charge in [0.15, 0.2) is 5.78 Å². The highest BCUT2D eigenvalue weighted by Gasteiger charge is 2.10. The van der Waals surface area contributed by atoms with E-state index in [4.69, 9.17) is 16.3 Å². The van der Waals surface area contributed by atoms with Gasteiger partial charge in [0.1, 0.15) is 12.4 Å². The molecular weight excluding hydrogens is 260 g/mol. The molecule has 0 saturated carbocycles. The first kappa shape index (κ1) is 13.4. The summed E-state index contributed by atoms with van der Waals surface area (Å²) >= 11 is 5.89. The molecule has 0 unspecified atom stereocenters. The number of rotatable bonds is 5. The first-order valence-electron chi connectivity index (χ1n) is 5.84. The fourth-order valence-corrected chi connectivity index (χ4v) is 1.84. The summed E-state index contributed by atoms with van der Waals surface area (Å²) in [5, 5.41) is 0.497. The van der Waals surface area contributed by atoms with Gasteiger partial charge in [0, 0.05) is 5.02 Å². The molecule has 0 spiro atoms. The highest BCUT2D eigenvalue weighted by atomic mass is 35.5. The Kier molecular flexibility index (Phi) is 4.37. The molecule has 2 nitrogen and oxygen atoms in total. The molecule has 0 aliphatic rings. The number of ketones is 1. The Morgan fingerprint density at radius 1 is 1.21 bits per heavy atom. The standard InChI is InChI=1S/C16H13ClO2/c1-2-15(18)14-10-13(17)8-9-16(14)19-11-12-6-4-3-5-7-12/h2-10H,1,11H2. The van der Waals surface area contributed by atoms with E-state index in [1.54, 1.807) is 18.2 Å². The Morgan fingerprint density at radius 3 is 2.63 bits per heavy atom. The van der Waals surface area contributed by atoms with Gasteiger partial charge in [-0.25, -0.2) is 0 Å². The van der Waals surface area contributed by atoms with Gasteiger partial charge >= 0.3 is 0 Å². The van der Waals surface area contributed by atoms with Crippen molar-refractivity contribution in [3.8, 4) is 5.75 Å². The summed E-state index contributed by atoms with van der Waals surface area (Å²) < 4.78 is 5.67. The van der Waals surface area contributed by atoms with Crippen LogP contribution in [0.1, 0.15) is 15.9 Å². The number of carbonyl (C=O) groups excluding carboxylic acids is 1. The second-order valence-electron chi connectivity index (χ2n) is 3.98. The molecule has 0 bridgehead atoms. The zero-order valence-electron chi connectivity index (χ0n) is 10.3. The van der Waals surface area contributed by atoms with Crippen LogP contribution < -0.4 is 4.74 Å². The minimum Gasteiger partial charge on any atom is -0.488 e. The lowest BCUT2D eigenvalue weighted by molar-refractivity contribution is 0.104. The maximum absolute atomic E-state index is 11.7. The maximum atomic E-state index is 11.7. The lowest BCUT2D eigenvalue weighted by Crippen LogP contribution is -2.02. The Bertz CT molecular complexity index is 591. The SMILES string of the molecule is C=CC(=O)c1cc(Cl)ccc1OCc1ccccc1. The number of halogens is 1. The van der Waals surface area contributed by atoms with Crippen molar-refractivity contribution >= 4 is 17.4 Å². The van der Waals surface area contributed by atoms with E-state index in [-0.39, 0.29) is 5.78 Å². The van der Waals surface area contributed by atoms with Crippen LogP contribution in [0.15, 0.2) is 61.2 Å². The Morgan fingerprint density at radius 2 is 1.95 bits per heavy atom. The topological polar surface area (TPSA) is 26.3 Å². The van der Waals surface area contributed by atoms with Crippen molar-refractivity contribution in [1.29, 1.82) is 0 Å². The molecule has 0 amide bonds. The number of hydrogen-bond acceptors (Lipinski definition) is 2. The molecule has 19 heavy (non-hydrogen) atoms. The zero-order chi connectivity index (χ0) is 13.7. The Hall–Kier alpha value is -2.06. The highest BCUT2D eigenvalue weighted by Crippen LogP contribution is 2.24. The van der Waals surface area contributed by atoms with E-state index in [9.17, 15) is 4.79 Å². The summed E-state index contributed by atoms with van der Waals surface area (Å²) in [6.07, 6.45) is 1.25. The summed E-state index contributed by atoms with van der Waals surface area (Å²) in [6, 6.07) is 14.7. The van der Waals surface area contributed by atoms with Crippen LogP contribution in [0.2, 0.25) is 5.02 Å². The van der Waals surface area contributed by atoms with Crippen molar-refractivity contribution in [3.63, 3.8) is 0 Å². The molecule has 0 aliphatic heterocycles. The third-order valence-corrected chi connectivity index (χ3v) is 2.86. The predicted octanol–water partition coefficient (Wildman–Crippen LogP) is 4.29. The average molecular weight is 273 g/mol. The lowest BCUT2D eigenvalue weighted by Gasteiger charge is -2.10. The summed E-state index contributed by atoms with van der Waals surface area (Å²) in [5.74, 6) is 0.309. The van der Waals surface area contributed by atoms with Crippen LogP contribution in [-0.2, 0) is 6.61 Å². The second-order valence-corrected chi connectivity index (χ2v) is 4.42. The van der Waals surface area contributed by atoms with Crippen LogP contribution in [0, 0.1) is 0 Å². The number of benzene rings is 2. The zero-order valence-corrected chi connectivity index (χ0v) is 11.1. The molecule has 0 saturated heterocycles. The molecule has 0 N–H and O–H groups in total. The van der Waals surface area contributed by atoms with Gasteiger partial charge in [-0.3, -0.25) is 4.79 Å². The van der Waals surface area contributed by atoms with E-state index in [2.05, 4.69) is 6.58 Å². The van der Waals surface area contributed by atoms with Gasteiger partial charge in [0.05, 0.1) is 5.56 Å². The van der Waals surface area contributed by atoms with E-state index >= 15 is 0 Å². The van der Waals surface area contributed by atoms with Crippen molar-refractivity contribution in [2.45, 2.75) is 6.61 Å². The molecule has 2 aromatic rings. The molecule has 3 heteroatoms. The van der Waals surface area contributed by atoms with Gasteiger partial charge in [-0.05, 0) is 29.8 Å². The largest absolute Gasteiger partial charge is 0.488 e. The van der Waals surface area contributed by atoms with Gasteiger partial charge in [0.2, 0.25) is 0 Å². The molecule has 0 atom stereocenters. The number of hydrogen-bond donors (Lipinski definition) is 0. The first-order chi connectivity index (χ1) is 9.20. The molecule has 0 heterocycles. The monoisotopic (exact) mass is 272 g/mol. The highest BCUT2D eigenvalue weighted by molar-refractivity contribution is 6.31. The van der Waals surface area contributed by atoms with Crippen LogP contribution in [0.5, 0.6) is 5.75 Å². The third-order valence-electron chi connectivity index (χ3n) is 2.63. The third kappa shape index (κ3) is 3.46. The minimum atomic E-state index is -0.203. The van der Waals surface area contributed by atoms with E-state index in [0.29, 0.717) is 22.9 Å². The lowest BCUT2D eigenvalue weighted by atomic mass is 10.1.